The predicted molar refractivity (Wildman–Crippen MR) is 84.1 cm³/mol. The van der Waals surface area contributed by atoms with Gasteiger partial charge in [0.25, 0.3) is 11.6 Å². The van der Waals surface area contributed by atoms with Crippen molar-refractivity contribution in [2.24, 2.45) is 0 Å². The second-order valence-corrected chi connectivity index (χ2v) is 5.58. The molecular weight excluding hydrogens is 298 g/mol. The number of carbonyl (C=O) groups excluding carboxylic acids is 2. The van der Waals surface area contributed by atoms with Crippen LogP contribution in [0.25, 0.3) is 11.1 Å². The minimum Gasteiger partial charge on any atom is -0.466 e. The average Bonchev–Trinajstić information content (AvgIpc) is 2.95. The fraction of sp³-hybridized carbons (Fsp3) is 0.500. The van der Waals surface area contributed by atoms with Gasteiger partial charge in [-0.15, -0.1) is 0 Å². The molecule has 7 nitrogen and oxygen atoms in total. The summed E-state index contributed by atoms with van der Waals surface area (Å²) >= 11 is 0. The Morgan fingerprint density at radius 2 is 2.13 bits per heavy atom. The summed E-state index contributed by atoms with van der Waals surface area (Å²) in [6.45, 7) is 6.37. The second-order valence-electron chi connectivity index (χ2n) is 5.58. The highest BCUT2D eigenvalue weighted by molar-refractivity contribution is 5.97. The average molecular weight is 319 g/mol. The molecule has 0 saturated carbocycles. The summed E-state index contributed by atoms with van der Waals surface area (Å²) in [5, 5.41) is 4.74. The third kappa shape index (κ3) is 3.85. The first-order valence-corrected chi connectivity index (χ1v) is 7.60. The summed E-state index contributed by atoms with van der Waals surface area (Å²) in [6, 6.07) is 1.73. The van der Waals surface area contributed by atoms with E-state index in [0.29, 0.717) is 17.9 Å². The second kappa shape index (κ2) is 7.21. The fourth-order valence-corrected chi connectivity index (χ4v) is 2.20. The van der Waals surface area contributed by atoms with E-state index in [-0.39, 0.29) is 30.8 Å². The molecule has 0 spiro atoms. The van der Waals surface area contributed by atoms with Crippen LogP contribution in [0.5, 0.6) is 0 Å². The molecule has 23 heavy (non-hydrogen) atoms. The van der Waals surface area contributed by atoms with E-state index in [0.717, 1.165) is 11.1 Å². The summed E-state index contributed by atoms with van der Waals surface area (Å²) in [7, 11) is 1.64. The maximum absolute atomic E-state index is 12.4. The number of hydrogen-bond acceptors (Lipinski definition) is 6. The number of aromatic nitrogens is 2. The maximum Gasteiger partial charge on any atom is 0.307 e. The van der Waals surface area contributed by atoms with E-state index in [9.17, 15) is 9.59 Å². The van der Waals surface area contributed by atoms with Crippen LogP contribution < -0.4 is 0 Å². The highest BCUT2D eigenvalue weighted by atomic mass is 16.5. The number of pyridine rings is 1. The highest BCUT2D eigenvalue weighted by Crippen LogP contribution is 2.24. The van der Waals surface area contributed by atoms with E-state index in [1.54, 1.807) is 20.0 Å². The zero-order chi connectivity index (χ0) is 17.0. The van der Waals surface area contributed by atoms with Gasteiger partial charge in [0.1, 0.15) is 0 Å². The lowest BCUT2D eigenvalue weighted by Gasteiger charge is -2.16. The fourth-order valence-electron chi connectivity index (χ4n) is 2.20. The van der Waals surface area contributed by atoms with Crippen molar-refractivity contribution >= 4 is 23.0 Å². The Hall–Kier alpha value is -2.44. The SMILES string of the molecule is CCOC(=O)CCN(C)C(=O)c1cnc2onc(C(C)C)c2c1. The minimum absolute atomic E-state index is 0.163. The zero-order valence-electron chi connectivity index (χ0n) is 13.8. The molecule has 2 heterocycles. The van der Waals surface area contributed by atoms with Crippen molar-refractivity contribution in [3.8, 4) is 0 Å². The van der Waals surface area contributed by atoms with Gasteiger partial charge in [-0.2, -0.15) is 0 Å². The third-order valence-electron chi connectivity index (χ3n) is 3.45. The number of nitrogens with zero attached hydrogens (tertiary/aromatic N) is 3. The predicted octanol–water partition coefficient (Wildman–Crippen LogP) is 2.37. The van der Waals surface area contributed by atoms with Crippen LogP contribution in [-0.2, 0) is 9.53 Å². The molecule has 0 aliphatic rings. The van der Waals surface area contributed by atoms with Gasteiger partial charge in [-0.3, -0.25) is 9.59 Å². The normalized spacial score (nSPS) is 11.0. The molecule has 0 atom stereocenters. The van der Waals surface area contributed by atoms with Gasteiger partial charge in [-0.05, 0) is 18.9 Å². The van der Waals surface area contributed by atoms with Crippen LogP contribution in [0.2, 0.25) is 0 Å². The van der Waals surface area contributed by atoms with Gasteiger partial charge in [0.05, 0.1) is 29.7 Å². The first-order chi connectivity index (χ1) is 10.9. The lowest BCUT2D eigenvalue weighted by atomic mass is 10.1. The lowest BCUT2D eigenvalue weighted by molar-refractivity contribution is -0.143. The Bertz CT molecular complexity index is 708. The van der Waals surface area contributed by atoms with E-state index in [1.165, 1.54) is 11.1 Å². The van der Waals surface area contributed by atoms with Crippen molar-refractivity contribution in [2.75, 3.05) is 20.2 Å². The van der Waals surface area contributed by atoms with Crippen molar-refractivity contribution in [3.63, 3.8) is 0 Å². The van der Waals surface area contributed by atoms with Crippen LogP contribution in [0.4, 0.5) is 0 Å². The van der Waals surface area contributed by atoms with Crippen molar-refractivity contribution in [1.82, 2.24) is 15.0 Å². The first-order valence-electron chi connectivity index (χ1n) is 7.60. The molecule has 0 aliphatic carbocycles. The molecule has 124 valence electrons. The van der Waals surface area contributed by atoms with Crippen molar-refractivity contribution in [3.05, 3.63) is 23.5 Å². The molecule has 0 aromatic carbocycles. The Kier molecular flexibility index (Phi) is 5.31. The van der Waals surface area contributed by atoms with E-state index in [1.807, 2.05) is 13.8 Å². The van der Waals surface area contributed by atoms with Crippen molar-refractivity contribution in [2.45, 2.75) is 33.1 Å². The van der Waals surface area contributed by atoms with Gasteiger partial charge in [0.2, 0.25) is 0 Å². The van der Waals surface area contributed by atoms with Crippen LogP contribution in [0.1, 0.15) is 49.2 Å². The maximum atomic E-state index is 12.4. The van der Waals surface area contributed by atoms with Crippen LogP contribution in [0.3, 0.4) is 0 Å². The van der Waals surface area contributed by atoms with Crippen molar-refractivity contribution < 1.29 is 18.8 Å². The lowest BCUT2D eigenvalue weighted by Crippen LogP contribution is -2.29. The molecule has 0 bridgehead atoms. The minimum atomic E-state index is -0.318. The number of hydrogen-bond donors (Lipinski definition) is 0. The van der Waals surface area contributed by atoms with Crippen LogP contribution in [0, 0.1) is 0 Å². The quantitative estimate of drug-likeness (QED) is 0.760. The molecule has 0 fully saturated rings. The molecule has 2 aromatic heterocycles. The standard InChI is InChI=1S/C16H21N3O4/c1-5-22-13(20)6-7-19(4)16(21)11-8-12-14(10(2)3)18-23-15(12)17-9-11/h8-10H,5-7H2,1-4H3. The molecule has 0 saturated heterocycles. The molecular formula is C16H21N3O4. The molecule has 0 aliphatic heterocycles. The first kappa shape index (κ1) is 16.9. The van der Waals surface area contributed by atoms with E-state index >= 15 is 0 Å². The molecule has 0 unspecified atom stereocenters. The third-order valence-corrected chi connectivity index (χ3v) is 3.45. The Morgan fingerprint density at radius 1 is 1.39 bits per heavy atom. The van der Waals surface area contributed by atoms with Gasteiger partial charge in [0.15, 0.2) is 0 Å². The van der Waals surface area contributed by atoms with Gasteiger partial charge in [-0.25, -0.2) is 4.98 Å². The summed E-state index contributed by atoms with van der Waals surface area (Å²) in [6.07, 6.45) is 1.62. The summed E-state index contributed by atoms with van der Waals surface area (Å²) in [5.74, 6) is -0.355. The van der Waals surface area contributed by atoms with Gasteiger partial charge in [0, 0.05) is 19.8 Å². The van der Waals surface area contributed by atoms with E-state index in [2.05, 4.69) is 10.1 Å². The van der Waals surface area contributed by atoms with E-state index in [4.69, 9.17) is 9.26 Å². The van der Waals surface area contributed by atoms with Gasteiger partial charge < -0.3 is 14.2 Å². The smallest absolute Gasteiger partial charge is 0.307 e. The van der Waals surface area contributed by atoms with E-state index < -0.39 is 0 Å². The van der Waals surface area contributed by atoms with Crippen LogP contribution >= 0.6 is 0 Å². The number of fused-ring (bicyclic) bond motifs is 1. The summed E-state index contributed by atoms with van der Waals surface area (Å²) in [5.41, 5.74) is 1.63. The largest absolute Gasteiger partial charge is 0.466 e. The number of carbonyl (C=O) groups is 2. The molecule has 0 radical (unpaired) electrons. The Balaban J connectivity index is 2.14. The molecule has 1 amide bonds. The highest BCUT2D eigenvalue weighted by Gasteiger charge is 2.18. The number of amides is 1. The van der Waals surface area contributed by atoms with Crippen LogP contribution in [0.15, 0.2) is 16.8 Å². The van der Waals surface area contributed by atoms with Crippen molar-refractivity contribution in [1.29, 1.82) is 0 Å². The summed E-state index contributed by atoms with van der Waals surface area (Å²) in [4.78, 5) is 29.4. The Labute approximate surface area is 134 Å². The molecule has 7 heteroatoms. The topological polar surface area (TPSA) is 85.5 Å². The van der Waals surface area contributed by atoms with Crippen LogP contribution in [-0.4, -0.2) is 47.1 Å². The molecule has 2 aromatic rings. The molecule has 2 rings (SSSR count). The zero-order valence-corrected chi connectivity index (χ0v) is 13.8. The monoisotopic (exact) mass is 319 g/mol. The number of rotatable bonds is 6. The van der Waals surface area contributed by atoms with Gasteiger partial charge >= 0.3 is 5.97 Å². The molecule has 0 N–H and O–H groups in total. The Morgan fingerprint density at radius 3 is 2.78 bits per heavy atom. The number of ether oxygens (including phenoxy) is 1. The summed E-state index contributed by atoms with van der Waals surface area (Å²) < 4.78 is 10.0. The van der Waals surface area contributed by atoms with Gasteiger partial charge in [-0.1, -0.05) is 19.0 Å². The number of esters is 1.